The molecule has 4 rings (SSSR count). The molecular weight excluding hydrogens is 524 g/mol. The van der Waals surface area contributed by atoms with Crippen molar-refractivity contribution in [3.05, 3.63) is 119 Å². The quantitative estimate of drug-likeness (QED) is 0.147. The summed E-state index contributed by atoms with van der Waals surface area (Å²) in [6.07, 6.45) is 8.34. The zero-order chi connectivity index (χ0) is 29.6. The first-order chi connectivity index (χ1) is 20.6. The Morgan fingerprint density at radius 2 is 0.595 bits per heavy atom. The number of hydrogen-bond acceptors (Lipinski definition) is 6. The maximum Gasteiger partial charge on any atom is 0.0606 e. The number of rotatable bonds is 15. The first kappa shape index (κ1) is 30.8. The summed E-state index contributed by atoms with van der Waals surface area (Å²) >= 11 is 0. The summed E-state index contributed by atoms with van der Waals surface area (Å²) in [5.74, 6) is 0. The average Bonchev–Trinajstić information content (AvgIpc) is 3.04. The largest absolute Gasteiger partial charge is 0.395 e. The lowest BCUT2D eigenvalue weighted by molar-refractivity contribution is 0.280. The predicted molar refractivity (Wildman–Crippen MR) is 175 cm³/mol. The lowest BCUT2D eigenvalue weighted by atomic mass is 10.0. The molecule has 0 aliphatic carbocycles. The van der Waals surface area contributed by atoms with Crippen molar-refractivity contribution in [3.8, 4) is 11.1 Å². The van der Waals surface area contributed by atoms with E-state index in [1.165, 1.54) is 0 Å². The highest BCUT2D eigenvalue weighted by atomic mass is 16.3. The van der Waals surface area contributed by atoms with Gasteiger partial charge in [-0.2, -0.15) is 0 Å². The molecule has 6 heteroatoms. The van der Waals surface area contributed by atoms with Gasteiger partial charge in [0, 0.05) is 37.6 Å². The summed E-state index contributed by atoms with van der Waals surface area (Å²) in [6, 6.07) is 33.2. The molecule has 4 aromatic rings. The van der Waals surface area contributed by atoms with Gasteiger partial charge in [0.15, 0.2) is 0 Å². The van der Waals surface area contributed by atoms with Crippen LogP contribution in [0.5, 0.6) is 0 Å². The number of nitrogens with zero attached hydrogens (tertiary/aromatic N) is 2. The Morgan fingerprint density at radius 1 is 0.357 bits per heavy atom. The molecule has 0 spiro atoms. The van der Waals surface area contributed by atoms with E-state index in [1.54, 1.807) is 0 Å². The summed E-state index contributed by atoms with van der Waals surface area (Å²) < 4.78 is 0. The van der Waals surface area contributed by atoms with Crippen molar-refractivity contribution in [2.45, 2.75) is 0 Å². The monoisotopic (exact) mass is 564 g/mol. The van der Waals surface area contributed by atoms with E-state index in [2.05, 4.69) is 72.8 Å². The number of aliphatic hydroxyl groups excluding tert-OH is 4. The maximum atomic E-state index is 9.25. The van der Waals surface area contributed by atoms with Crippen LogP contribution in [0.1, 0.15) is 22.3 Å². The summed E-state index contributed by atoms with van der Waals surface area (Å²) in [5.41, 5.74) is 8.68. The molecule has 42 heavy (non-hydrogen) atoms. The van der Waals surface area contributed by atoms with Crippen molar-refractivity contribution in [1.29, 1.82) is 0 Å². The van der Waals surface area contributed by atoms with E-state index in [-0.39, 0.29) is 26.4 Å². The Morgan fingerprint density at radius 3 is 0.833 bits per heavy atom. The second kappa shape index (κ2) is 16.3. The van der Waals surface area contributed by atoms with Crippen LogP contribution >= 0.6 is 0 Å². The molecule has 0 bridgehead atoms. The van der Waals surface area contributed by atoms with E-state index < -0.39 is 0 Å². The van der Waals surface area contributed by atoms with Gasteiger partial charge in [-0.3, -0.25) is 0 Å². The Kier molecular flexibility index (Phi) is 11.9. The molecule has 0 fully saturated rings. The van der Waals surface area contributed by atoms with E-state index in [9.17, 15) is 20.4 Å². The van der Waals surface area contributed by atoms with Crippen LogP contribution in [0.25, 0.3) is 35.4 Å². The minimum atomic E-state index is 0.0500. The Labute approximate surface area is 248 Å². The van der Waals surface area contributed by atoms with Crippen LogP contribution in [0, 0.1) is 0 Å². The van der Waals surface area contributed by atoms with Crippen molar-refractivity contribution < 1.29 is 20.4 Å². The molecule has 0 radical (unpaired) electrons. The van der Waals surface area contributed by atoms with Crippen LogP contribution in [0.4, 0.5) is 11.4 Å². The third-order valence-electron chi connectivity index (χ3n) is 7.09. The normalized spacial score (nSPS) is 11.4. The highest BCUT2D eigenvalue weighted by molar-refractivity contribution is 5.75. The van der Waals surface area contributed by atoms with Crippen LogP contribution in [0.15, 0.2) is 97.1 Å². The van der Waals surface area contributed by atoms with Gasteiger partial charge in [0.1, 0.15) is 0 Å². The van der Waals surface area contributed by atoms with Crippen LogP contribution in [0.2, 0.25) is 0 Å². The summed E-state index contributed by atoms with van der Waals surface area (Å²) in [6.45, 7) is 2.18. The van der Waals surface area contributed by atoms with Crippen LogP contribution in [0.3, 0.4) is 0 Å². The SMILES string of the molecule is OCCN(CCO)c1ccc(/C=C/c2ccc(-c3ccc(/C=C/c4ccc(N(CCO)CCO)cc4)cc3)cc2)cc1. The first-order valence-corrected chi connectivity index (χ1v) is 14.3. The highest BCUT2D eigenvalue weighted by Gasteiger charge is 2.06. The molecule has 0 aliphatic heterocycles. The number of benzene rings is 4. The van der Waals surface area contributed by atoms with Gasteiger partial charge in [-0.1, -0.05) is 97.1 Å². The van der Waals surface area contributed by atoms with Gasteiger partial charge in [-0.25, -0.2) is 0 Å². The number of aliphatic hydroxyl groups is 4. The standard InChI is InChI=1S/C36H40N2O4/c39-25-21-37(22-26-40)35-17-9-31(10-18-35)3-1-29-5-13-33(14-6-29)34-15-7-30(8-16-34)2-4-32-11-19-36(20-12-32)38(23-27-41)24-28-42/h1-20,39-42H,21-28H2/b3-1+,4-2+. The molecule has 0 aliphatic rings. The van der Waals surface area contributed by atoms with Crippen LogP contribution < -0.4 is 9.80 Å². The minimum absolute atomic E-state index is 0.0500. The van der Waals surface area contributed by atoms with Gasteiger partial charge in [0.2, 0.25) is 0 Å². The molecule has 4 aromatic carbocycles. The third-order valence-corrected chi connectivity index (χ3v) is 7.09. The fourth-order valence-electron chi connectivity index (χ4n) is 4.77. The van der Waals surface area contributed by atoms with E-state index in [0.717, 1.165) is 44.8 Å². The second-order valence-electron chi connectivity index (χ2n) is 9.96. The topological polar surface area (TPSA) is 87.4 Å². The Bertz CT molecular complexity index is 1270. The highest BCUT2D eigenvalue weighted by Crippen LogP contribution is 2.23. The lowest BCUT2D eigenvalue weighted by Gasteiger charge is -2.22. The molecule has 0 heterocycles. The number of hydrogen-bond donors (Lipinski definition) is 4. The predicted octanol–water partition coefficient (Wildman–Crippen LogP) is 5.28. The van der Waals surface area contributed by atoms with Crippen molar-refractivity contribution in [3.63, 3.8) is 0 Å². The van der Waals surface area contributed by atoms with E-state index in [1.807, 2.05) is 58.3 Å². The van der Waals surface area contributed by atoms with Gasteiger partial charge >= 0.3 is 0 Å². The van der Waals surface area contributed by atoms with E-state index >= 15 is 0 Å². The fraction of sp³-hybridized carbons (Fsp3) is 0.222. The van der Waals surface area contributed by atoms with Gasteiger partial charge in [0.25, 0.3) is 0 Å². The summed E-state index contributed by atoms with van der Waals surface area (Å²) in [7, 11) is 0. The molecule has 0 saturated heterocycles. The smallest absolute Gasteiger partial charge is 0.0606 e. The summed E-state index contributed by atoms with van der Waals surface area (Å²) in [4.78, 5) is 3.92. The molecule has 0 amide bonds. The Balaban J connectivity index is 1.34. The molecule has 0 atom stereocenters. The molecule has 0 saturated carbocycles. The van der Waals surface area contributed by atoms with Gasteiger partial charge in [-0.15, -0.1) is 0 Å². The molecule has 6 nitrogen and oxygen atoms in total. The van der Waals surface area contributed by atoms with Crippen molar-refractivity contribution in [2.24, 2.45) is 0 Å². The fourth-order valence-corrected chi connectivity index (χ4v) is 4.77. The summed E-state index contributed by atoms with van der Waals surface area (Å²) in [5, 5.41) is 37.0. The van der Waals surface area contributed by atoms with Crippen LogP contribution in [-0.4, -0.2) is 73.0 Å². The van der Waals surface area contributed by atoms with Gasteiger partial charge in [0.05, 0.1) is 26.4 Å². The number of anilines is 2. The first-order valence-electron chi connectivity index (χ1n) is 14.3. The lowest BCUT2D eigenvalue weighted by Crippen LogP contribution is -2.29. The average molecular weight is 565 g/mol. The zero-order valence-electron chi connectivity index (χ0n) is 23.9. The molecular formula is C36H40N2O4. The van der Waals surface area contributed by atoms with Crippen molar-refractivity contribution >= 4 is 35.7 Å². The third kappa shape index (κ3) is 8.90. The zero-order valence-corrected chi connectivity index (χ0v) is 23.9. The van der Waals surface area contributed by atoms with E-state index in [0.29, 0.717) is 26.2 Å². The maximum absolute atomic E-state index is 9.25. The molecule has 0 aromatic heterocycles. The van der Waals surface area contributed by atoms with Crippen molar-refractivity contribution in [2.75, 3.05) is 62.4 Å². The molecule has 0 unspecified atom stereocenters. The van der Waals surface area contributed by atoms with Gasteiger partial charge in [-0.05, 0) is 57.6 Å². The van der Waals surface area contributed by atoms with E-state index in [4.69, 9.17) is 0 Å². The minimum Gasteiger partial charge on any atom is -0.395 e. The van der Waals surface area contributed by atoms with Crippen LogP contribution in [-0.2, 0) is 0 Å². The Hall–Kier alpha value is -4.20. The van der Waals surface area contributed by atoms with Crippen molar-refractivity contribution in [1.82, 2.24) is 0 Å². The van der Waals surface area contributed by atoms with Gasteiger partial charge < -0.3 is 30.2 Å². The molecule has 4 N–H and O–H groups in total. The second-order valence-corrected chi connectivity index (χ2v) is 9.96. The molecule has 218 valence electrons.